The molecule has 2 heterocycles. The predicted molar refractivity (Wildman–Crippen MR) is 202 cm³/mol. The van der Waals surface area contributed by atoms with Gasteiger partial charge in [-0.2, -0.15) is 0 Å². The molecule has 0 N–H and O–H groups in total. The molecule has 2 aliphatic heterocycles. The van der Waals surface area contributed by atoms with Gasteiger partial charge in [-0.25, -0.2) is 0 Å². The molecule has 0 amide bonds. The third-order valence-electron chi connectivity index (χ3n) is 9.96. The molecule has 6 heteroatoms. The lowest BCUT2D eigenvalue weighted by Crippen LogP contribution is -2.17. The Morgan fingerprint density at radius 1 is 0.490 bits per heavy atom. The van der Waals surface area contributed by atoms with E-state index in [0.29, 0.717) is 23.0 Å². The number of fused-ring (bicyclic) bond motifs is 2. The molecule has 0 spiro atoms. The molecule has 4 aromatic carbocycles. The van der Waals surface area contributed by atoms with Crippen molar-refractivity contribution in [3.8, 4) is 23.0 Å². The molecule has 0 saturated carbocycles. The quantitative estimate of drug-likeness (QED) is 0.114. The number of carbonyl (C=O) groups is 2. The third-order valence-corrected chi connectivity index (χ3v) is 9.96. The summed E-state index contributed by atoms with van der Waals surface area (Å²) in [5, 5.41) is 0. The van der Waals surface area contributed by atoms with Crippen LogP contribution in [-0.2, 0) is 31.2 Å². The highest BCUT2D eigenvalue weighted by molar-refractivity contribution is 5.91. The Hall–Kier alpha value is -4.58. The first-order valence-electron chi connectivity index (χ1n) is 17.9. The van der Waals surface area contributed by atoms with Crippen molar-refractivity contribution in [3.63, 3.8) is 0 Å². The number of carbonyl (C=O) groups excluding carboxylic acids is 2. The van der Waals surface area contributed by atoms with Crippen molar-refractivity contribution in [2.24, 2.45) is 0 Å². The van der Waals surface area contributed by atoms with Gasteiger partial charge in [0.15, 0.2) is 0 Å². The summed E-state index contributed by atoms with van der Waals surface area (Å²) in [7, 11) is 0. The summed E-state index contributed by atoms with van der Waals surface area (Å²) in [6, 6.07) is 23.7. The van der Waals surface area contributed by atoms with Crippen LogP contribution in [0.5, 0.6) is 23.0 Å². The Balaban J connectivity index is 1.15. The summed E-state index contributed by atoms with van der Waals surface area (Å²) in [4.78, 5) is 26.6. The van der Waals surface area contributed by atoms with Crippen LogP contribution in [0.25, 0.3) is 0 Å². The molecule has 0 radical (unpaired) electrons. The SMILES string of the molecule is CC(C)(C)c1cc2c(c(C(C)(C)C)c1)OC(=O)C2c1ccc(OCOc2ccc(C3C(=O)Oc4c3cc(C(C)(C)C)cc4C(C)(C)C)cc2)cc1. The Labute approximate surface area is 303 Å². The van der Waals surface area contributed by atoms with E-state index in [2.05, 4.69) is 107 Å². The van der Waals surface area contributed by atoms with Crippen LogP contribution in [0.4, 0.5) is 0 Å². The molecule has 0 aromatic heterocycles. The fraction of sp³-hybridized carbons (Fsp3) is 0.422. The maximum atomic E-state index is 13.3. The zero-order valence-electron chi connectivity index (χ0n) is 32.2. The van der Waals surface area contributed by atoms with E-state index < -0.39 is 11.8 Å². The maximum absolute atomic E-state index is 13.3. The van der Waals surface area contributed by atoms with Crippen LogP contribution in [0, 0.1) is 0 Å². The van der Waals surface area contributed by atoms with Crippen LogP contribution in [0.3, 0.4) is 0 Å². The number of hydrogen-bond donors (Lipinski definition) is 0. The topological polar surface area (TPSA) is 71.1 Å². The number of hydrogen-bond acceptors (Lipinski definition) is 6. The number of benzene rings is 4. The Bertz CT molecular complexity index is 1830. The lowest BCUT2D eigenvalue weighted by Gasteiger charge is -2.27. The second-order valence-corrected chi connectivity index (χ2v) is 18.1. The summed E-state index contributed by atoms with van der Waals surface area (Å²) in [6.45, 7) is 26.0. The average Bonchev–Trinajstić information content (AvgIpc) is 3.53. The summed E-state index contributed by atoms with van der Waals surface area (Å²) in [5.74, 6) is 1.08. The second-order valence-electron chi connectivity index (χ2n) is 18.1. The third kappa shape index (κ3) is 7.15. The fourth-order valence-electron chi connectivity index (χ4n) is 6.82. The zero-order chi connectivity index (χ0) is 37.3. The van der Waals surface area contributed by atoms with E-state index in [4.69, 9.17) is 18.9 Å². The number of ether oxygens (including phenoxy) is 4. The Morgan fingerprint density at radius 2 is 0.824 bits per heavy atom. The molecular formula is C45H52O6. The molecule has 0 bridgehead atoms. The fourth-order valence-corrected chi connectivity index (χ4v) is 6.82. The van der Waals surface area contributed by atoms with Gasteiger partial charge in [0.2, 0.25) is 6.79 Å². The maximum Gasteiger partial charge on any atom is 0.323 e. The van der Waals surface area contributed by atoms with E-state index in [9.17, 15) is 9.59 Å². The van der Waals surface area contributed by atoms with E-state index >= 15 is 0 Å². The van der Waals surface area contributed by atoms with Crippen molar-refractivity contribution < 1.29 is 28.5 Å². The molecule has 0 aliphatic carbocycles. The van der Waals surface area contributed by atoms with Gasteiger partial charge in [0.05, 0.1) is 0 Å². The van der Waals surface area contributed by atoms with Gasteiger partial charge < -0.3 is 18.9 Å². The van der Waals surface area contributed by atoms with Gasteiger partial charge in [-0.05, 0) is 68.2 Å². The largest absolute Gasteiger partial charge is 0.458 e. The smallest absolute Gasteiger partial charge is 0.323 e. The van der Waals surface area contributed by atoms with Gasteiger partial charge >= 0.3 is 11.9 Å². The molecule has 2 unspecified atom stereocenters. The standard InChI is InChI=1S/C45H52O6/c1-42(2,3)28-21-32-36(40(46)50-38(32)34(23-28)44(7,8)9)26-13-17-30(18-14-26)48-25-49-31-19-15-27(16-20-31)37-33-22-29(43(4,5)6)24-35(45(10,11)12)39(33)51-41(37)47/h13-24,36-37H,25H2,1-12H3. The molecule has 51 heavy (non-hydrogen) atoms. The monoisotopic (exact) mass is 688 g/mol. The van der Waals surface area contributed by atoms with Gasteiger partial charge in [0.25, 0.3) is 0 Å². The Morgan fingerprint density at radius 3 is 1.12 bits per heavy atom. The molecule has 2 aliphatic rings. The molecule has 0 fully saturated rings. The molecule has 268 valence electrons. The first-order valence-corrected chi connectivity index (χ1v) is 17.9. The average molecular weight is 689 g/mol. The van der Waals surface area contributed by atoms with Crippen LogP contribution in [-0.4, -0.2) is 18.7 Å². The Kier molecular flexibility index (Phi) is 8.93. The van der Waals surface area contributed by atoms with E-state index in [-0.39, 0.29) is 40.4 Å². The van der Waals surface area contributed by atoms with E-state index in [1.54, 1.807) is 0 Å². The van der Waals surface area contributed by atoms with Crippen molar-refractivity contribution in [3.05, 3.63) is 117 Å². The second kappa shape index (κ2) is 12.6. The van der Waals surface area contributed by atoms with Crippen LogP contribution < -0.4 is 18.9 Å². The zero-order valence-corrected chi connectivity index (χ0v) is 32.2. The van der Waals surface area contributed by atoms with E-state index in [0.717, 1.165) is 33.4 Å². The van der Waals surface area contributed by atoms with Crippen molar-refractivity contribution in [2.75, 3.05) is 6.79 Å². The highest BCUT2D eigenvalue weighted by Crippen LogP contribution is 2.49. The highest BCUT2D eigenvalue weighted by atomic mass is 16.7. The molecular weight excluding hydrogens is 636 g/mol. The molecule has 6 nitrogen and oxygen atoms in total. The summed E-state index contributed by atoms with van der Waals surface area (Å²) in [5.41, 5.74) is 7.45. The van der Waals surface area contributed by atoms with Gasteiger partial charge in [-0.15, -0.1) is 0 Å². The molecule has 2 atom stereocenters. The first-order chi connectivity index (χ1) is 23.6. The predicted octanol–water partition coefficient (Wildman–Crippen LogP) is 10.4. The molecule has 0 saturated heterocycles. The van der Waals surface area contributed by atoms with Crippen molar-refractivity contribution in [1.82, 2.24) is 0 Å². The first kappa shape index (κ1) is 36.2. The van der Waals surface area contributed by atoms with Gasteiger partial charge in [-0.3, -0.25) is 9.59 Å². The molecule has 4 aromatic rings. The minimum Gasteiger partial charge on any atom is -0.458 e. The highest BCUT2D eigenvalue weighted by Gasteiger charge is 2.41. The number of esters is 2. The van der Waals surface area contributed by atoms with Gasteiger partial charge in [0, 0.05) is 22.3 Å². The lowest BCUT2D eigenvalue weighted by atomic mass is 9.77. The molecule has 6 rings (SSSR count). The van der Waals surface area contributed by atoms with Crippen LogP contribution in [0.1, 0.15) is 139 Å². The summed E-state index contributed by atoms with van der Waals surface area (Å²) < 4.78 is 23.7. The normalized spacial score (nSPS) is 17.5. The minimum atomic E-state index is -0.503. The van der Waals surface area contributed by atoms with Gasteiger partial charge in [-0.1, -0.05) is 132 Å². The number of rotatable bonds is 6. The van der Waals surface area contributed by atoms with Crippen molar-refractivity contribution in [1.29, 1.82) is 0 Å². The van der Waals surface area contributed by atoms with Crippen LogP contribution >= 0.6 is 0 Å². The summed E-state index contributed by atoms with van der Waals surface area (Å²) in [6.07, 6.45) is 0. The van der Waals surface area contributed by atoms with Crippen molar-refractivity contribution in [2.45, 2.75) is 117 Å². The van der Waals surface area contributed by atoms with Crippen molar-refractivity contribution >= 4 is 11.9 Å². The van der Waals surface area contributed by atoms with Crippen LogP contribution in [0.2, 0.25) is 0 Å². The van der Waals surface area contributed by atoms with Crippen LogP contribution in [0.15, 0.2) is 72.8 Å². The van der Waals surface area contributed by atoms with Gasteiger partial charge in [0.1, 0.15) is 34.8 Å². The lowest BCUT2D eigenvalue weighted by molar-refractivity contribution is -0.134. The summed E-state index contributed by atoms with van der Waals surface area (Å²) >= 11 is 0. The minimum absolute atomic E-state index is 0.00489. The van der Waals surface area contributed by atoms with E-state index in [1.807, 2.05) is 48.5 Å². The van der Waals surface area contributed by atoms with E-state index in [1.165, 1.54) is 11.1 Å².